The molecule has 1 aliphatic heterocycles. The van der Waals surface area contributed by atoms with Crippen molar-refractivity contribution in [1.29, 1.82) is 0 Å². The summed E-state index contributed by atoms with van der Waals surface area (Å²) < 4.78 is 0. The molecule has 1 heterocycles. The van der Waals surface area contributed by atoms with Crippen LogP contribution in [0.2, 0.25) is 0 Å². The third-order valence-electron chi connectivity index (χ3n) is 5.91. The van der Waals surface area contributed by atoms with Gasteiger partial charge in [0.2, 0.25) is 0 Å². The van der Waals surface area contributed by atoms with E-state index >= 15 is 0 Å². The number of Topliss-reactive ketones (excluding diaryl/α,β-unsaturated/α-hetero) is 1. The third kappa shape index (κ3) is 5.27. The van der Waals surface area contributed by atoms with Gasteiger partial charge < -0.3 is 10.0 Å². The Morgan fingerprint density at radius 2 is 1.82 bits per heavy atom. The molecule has 1 unspecified atom stereocenters. The van der Waals surface area contributed by atoms with E-state index in [2.05, 4.69) is 57.3 Å². The number of anilines is 1. The van der Waals surface area contributed by atoms with Crippen LogP contribution in [-0.4, -0.2) is 16.4 Å². The molecule has 1 aromatic rings. The Balaban J connectivity index is 0.000000198. The molecule has 2 aliphatic carbocycles. The summed E-state index contributed by atoms with van der Waals surface area (Å²) in [5.74, 6) is 0.972. The first-order valence-corrected chi connectivity index (χ1v) is 10.3. The fourth-order valence-electron chi connectivity index (χ4n) is 5.05. The number of aliphatic hydroxyl groups excluding tert-OH is 1. The first kappa shape index (κ1) is 23.2. The second kappa shape index (κ2) is 9.13. The molecule has 157 valence electrons. The van der Waals surface area contributed by atoms with Crippen molar-refractivity contribution in [2.24, 2.45) is 11.3 Å². The summed E-state index contributed by atoms with van der Waals surface area (Å²) in [6, 6.07) is 11.5. The predicted octanol–water partition coefficient (Wildman–Crippen LogP) is 6.01. The minimum Gasteiger partial charge on any atom is -0.538 e. The van der Waals surface area contributed by atoms with Crippen LogP contribution in [0.15, 0.2) is 35.6 Å². The molecule has 3 nitrogen and oxygen atoms in total. The van der Waals surface area contributed by atoms with E-state index in [1.165, 1.54) is 12.1 Å². The van der Waals surface area contributed by atoms with E-state index in [0.29, 0.717) is 18.1 Å². The van der Waals surface area contributed by atoms with E-state index in [0.717, 1.165) is 37.7 Å². The molecular formula is C24H33IrNO2-2. The summed E-state index contributed by atoms with van der Waals surface area (Å²) in [7, 11) is 0. The molecule has 1 aromatic carbocycles. The number of allylic oxidation sites excluding steroid dienone is 2. The quantitative estimate of drug-likeness (QED) is 0.429. The van der Waals surface area contributed by atoms with Crippen LogP contribution in [0.5, 0.6) is 0 Å². The van der Waals surface area contributed by atoms with Crippen LogP contribution in [0.4, 0.5) is 5.69 Å². The van der Waals surface area contributed by atoms with Gasteiger partial charge in [-0.15, -0.1) is 11.1 Å². The molecule has 1 N–H and O–H groups in total. The van der Waals surface area contributed by atoms with Crippen molar-refractivity contribution >= 4 is 11.5 Å². The number of ketones is 1. The molecule has 0 amide bonds. The molecule has 1 saturated carbocycles. The van der Waals surface area contributed by atoms with Crippen molar-refractivity contribution in [3.05, 3.63) is 48.2 Å². The van der Waals surface area contributed by atoms with Crippen molar-refractivity contribution < 1.29 is 30.0 Å². The summed E-state index contributed by atoms with van der Waals surface area (Å²) in [5, 5.41) is 9.53. The average Bonchev–Trinajstić information content (AvgIpc) is 2.84. The Morgan fingerprint density at radius 3 is 2.36 bits per heavy atom. The van der Waals surface area contributed by atoms with Gasteiger partial charge in [0.05, 0.1) is 5.76 Å². The molecule has 0 spiro atoms. The predicted molar refractivity (Wildman–Crippen MR) is 110 cm³/mol. The second-order valence-corrected chi connectivity index (χ2v) is 9.49. The molecule has 0 aromatic heterocycles. The maximum atomic E-state index is 11.4. The van der Waals surface area contributed by atoms with Crippen LogP contribution in [0.1, 0.15) is 72.6 Å². The van der Waals surface area contributed by atoms with Gasteiger partial charge in [0, 0.05) is 44.1 Å². The number of fused-ring (bicyclic) bond motifs is 1. The van der Waals surface area contributed by atoms with Gasteiger partial charge >= 0.3 is 0 Å². The van der Waals surface area contributed by atoms with E-state index < -0.39 is 0 Å². The van der Waals surface area contributed by atoms with Crippen molar-refractivity contribution in [2.45, 2.75) is 78.2 Å². The van der Waals surface area contributed by atoms with Crippen molar-refractivity contribution in [2.75, 3.05) is 4.90 Å². The standard InChI is InChI=1S/C14H19N.C10H14O2.Ir/c1-13(2)10-14(3,4)15(11-13)12-8-6-5-7-9-12;11-8-5-1-3-7-4-2-6-9(12)10(7)8;/h5-8,11H,10H2,1-4H3;7,11H,1-6H2;/q-2;;. The summed E-state index contributed by atoms with van der Waals surface area (Å²) in [6.07, 6.45) is 6.82. The Morgan fingerprint density at radius 1 is 1.14 bits per heavy atom. The van der Waals surface area contributed by atoms with Gasteiger partial charge in [0.1, 0.15) is 0 Å². The second-order valence-electron chi connectivity index (χ2n) is 9.49. The number of hydrogen-bond donors (Lipinski definition) is 1. The van der Waals surface area contributed by atoms with Gasteiger partial charge in [0.15, 0.2) is 5.78 Å². The summed E-state index contributed by atoms with van der Waals surface area (Å²) in [6.45, 7) is 11.5. The number of benzene rings is 1. The fourth-order valence-corrected chi connectivity index (χ4v) is 5.05. The normalized spacial score (nSPS) is 25.4. The summed E-state index contributed by atoms with van der Waals surface area (Å²) in [5.41, 5.74) is 2.43. The number of hydrogen-bond acceptors (Lipinski definition) is 3. The van der Waals surface area contributed by atoms with Gasteiger partial charge in [0.25, 0.3) is 0 Å². The number of carbonyl (C=O) groups excluding carboxylic acids is 1. The van der Waals surface area contributed by atoms with Crippen LogP contribution >= 0.6 is 0 Å². The molecule has 28 heavy (non-hydrogen) atoms. The molecule has 0 bridgehead atoms. The van der Waals surface area contributed by atoms with E-state index in [-0.39, 0.29) is 36.8 Å². The van der Waals surface area contributed by atoms with E-state index in [1.54, 1.807) is 0 Å². The fraction of sp³-hybridized carbons (Fsp3) is 0.583. The van der Waals surface area contributed by atoms with Crippen molar-refractivity contribution in [3.8, 4) is 0 Å². The molecule has 3 aliphatic rings. The molecular weight excluding hydrogens is 526 g/mol. The SMILES string of the molecule is CC1(C)[CH-]N(c2[c-]cccc2)C(C)(C)C1.O=C1CCCC2CCCC(O)=C12.[Ir]. The number of aliphatic hydroxyl groups is 1. The van der Waals surface area contributed by atoms with Gasteiger partial charge in [-0.05, 0) is 45.4 Å². The van der Waals surface area contributed by atoms with E-state index in [9.17, 15) is 9.90 Å². The maximum Gasteiger partial charge on any atom is 0.162 e. The molecule has 1 saturated heterocycles. The van der Waals surface area contributed by atoms with E-state index in [1.807, 2.05) is 12.1 Å². The Bertz CT molecular complexity index is 709. The van der Waals surface area contributed by atoms with E-state index in [4.69, 9.17) is 0 Å². The van der Waals surface area contributed by atoms with Gasteiger partial charge in [-0.1, -0.05) is 20.3 Å². The zero-order chi connectivity index (χ0) is 19.7. The van der Waals surface area contributed by atoms with Crippen LogP contribution in [0.25, 0.3) is 0 Å². The van der Waals surface area contributed by atoms with Crippen LogP contribution < -0.4 is 4.90 Å². The minimum absolute atomic E-state index is 0. The average molecular weight is 560 g/mol. The maximum absolute atomic E-state index is 11.4. The number of para-hydroxylation sites is 1. The number of rotatable bonds is 1. The first-order valence-electron chi connectivity index (χ1n) is 10.3. The van der Waals surface area contributed by atoms with Gasteiger partial charge in [-0.3, -0.25) is 4.79 Å². The minimum atomic E-state index is 0. The van der Waals surface area contributed by atoms with Gasteiger partial charge in [-0.25, -0.2) is 6.54 Å². The zero-order valence-electron chi connectivity index (χ0n) is 17.5. The number of nitrogens with zero attached hydrogens (tertiary/aromatic N) is 1. The Labute approximate surface area is 183 Å². The Hall–Kier alpha value is -1.12. The molecule has 2 fully saturated rings. The smallest absolute Gasteiger partial charge is 0.162 e. The zero-order valence-corrected chi connectivity index (χ0v) is 19.9. The van der Waals surface area contributed by atoms with Crippen LogP contribution in [0.3, 0.4) is 0 Å². The van der Waals surface area contributed by atoms with Crippen molar-refractivity contribution in [1.82, 2.24) is 0 Å². The molecule has 1 atom stereocenters. The monoisotopic (exact) mass is 560 g/mol. The van der Waals surface area contributed by atoms with Crippen LogP contribution in [-0.2, 0) is 24.9 Å². The topological polar surface area (TPSA) is 40.5 Å². The largest absolute Gasteiger partial charge is 0.538 e. The molecule has 4 rings (SSSR count). The van der Waals surface area contributed by atoms with Crippen LogP contribution in [0, 0.1) is 23.9 Å². The van der Waals surface area contributed by atoms with Gasteiger partial charge in [-0.2, -0.15) is 30.3 Å². The third-order valence-corrected chi connectivity index (χ3v) is 5.91. The summed E-state index contributed by atoms with van der Waals surface area (Å²) >= 11 is 0. The first-order chi connectivity index (χ1) is 12.7. The molecule has 1 radical (unpaired) electrons. The summed E-state index contributed by atoms with van der Waals surface area (Å²) in [4.78, 5) is 13.8. The molecule has 4 heteroatoms. The number of carbonyl (C=O) groups is 1. The Kier molecular flexibility index (Phi) is 7.55. The van der Waals surface area contributed by atoms with Crippen molar-refractivity contribution in [3.63, 3.8) is 0 Å².